The average Bonchev–Trinajstić information content (AvgIpc) is 2.68. The number of esters is 2. The Morgan fingerprint density at radius 3 is 2.19 bits per heavy atom. The number of allylic oxidation sites excluding steroid dienone is 3. The summed E-state index contributed by atoms with van der Waals surface area (Å²) in [7, 11) is 1.51. The van der Waals surface area contributed by atoms with E-state index < -0.39 is 17.3 Å². The van der Waals surface area contributed by atoms with Crippen molar-refractivity contribution in [3.63, 3.8) is 0 Å². The van der Waals surface area contributed by atoms with Gasteiger partial charge in [0, 0.05) is 5.57 Å². The highest BCUT2D eigenvalue weighted by atomic mass is 35.5. The maximum Gasteiger partial charge on any atom is 0.339 e. The van der Waals surface area contributed by atoms with Crippen molar-refractivity contribution in [3.8, 4) is 11.5 Å². The molecule has 0 saturated carbocycles. The Balaban J connectivity index is 2.70. The largest absolute Gasteiger partial charge is 0.497 e. The predicted octanol–water partition coefficient (Wildman–Crippen LogP) is 4.81. The summed E-state index contributed by atoms with van der Waals surface area (Å²) in [5, 5.41) is -0.707. The Morgan fingerprint density at radius 2 is 1.70 bits per heavy atom. The highest BCUT2D eigenvalue weighted by molar-refractivity contribution is 6.30. The SMILES string of the molecule is C=C/C(=C\C=C(/C)C(=O)Oc1ccc(OC(=O)C(Cl)C(C)CC)cc1)OC. The Labute approximate surface area is 165 Å². The highest BCUT2D eigenvalue weighted by Crippen LogP contribution is 2.21. The van der Waals surface area contributed by atoms with Gasteiger partial charge in [0.15, 0.2) is 0 Å². The van der Waals surface area contributed by atoms with E-state index in [0.717, 1.165) is 6.42 Å². The van der Waals surface area contributed by atoms with Crippen LogP contribution in [0.3, 0.4) is 0 Å². The number of methoxy groups -OCH3 is 1. The Kier molecular flexibility index (Phi) is 9.37. The van der Waals surface area contributed by atoms with Gasteiger partial charge in [0.1, 0.15) is 22.6 Å². The molecule has 1 rings (SSSR count). The van der Waals surface area contributed by atoms with Gasteiger partial charge in [-0.05, 0) is 55.3 Å². The van der Waals surface area contributed by atoms with Crippen LogP contribution in [-0.4, -0.2) is 24.4 Å². The van der Waals surface area contributed by atoms with Crippen molar-refractivity contribution in [2.24, 2.45) is 5.92 Å². The lowest BCUT2D eigenvalue weighted by Gasteiger charge is -2.14. The Hall–Kier alpha value is -2.53. The van der Waals surface area contributed by atoms with E-state index in [1.807, 2.05) is 13.8 Å². The number of alkyl halides is 1. The summed E-state index contributed by atoms with van der Waals surface area (Å²) in [6, 6.07) is 6.17. The first-order chi connectivity index (χ1) is 12.8. The molecule has 0 amide bonds. The van der Waals surface area contributed by atoms with Crippen molar-refractivity contribution < 1.29 is 23.8 Å². The molecule has 0 heterocycles. The quantitative estimate of drug-likeness (QED) is 0.151. The Morgan fingerprint density at radius 1 is 1.15 bits per heavy atom. The van der Waals surface area contributed by atoms with Crippen LogP contribution in [0.5, 0.6) is 11.5 Å². The molecular formula is C21H25ClO5. The molecule has 6 heteroatoms. The molecule has 2 unspecified atom stereocenters. The molecule has 0 N–H and O–H groups in total. The van der Waals surface area contributed by atoms with E-state index >= 15 is 0 Å². The van der Waals surface area contributed by atoms with Crippen molar-refractivity contribution in [3.05, 3.63) is 60.4 Å². The normalized spacial score (nSPS) is 14.1. The summed E-state index contributed by atoms with van der Waals surface area (Å²) in [4.78, 5) is 24.0. The first-order valence-electron chi connectivity index (χ1n) is 8.55. The van der Waals surface area contributed by atoms with Gasteiger partial charge in [-0.15, -0.1) is 11.6 Å². The van der Waals surface area contributed by atoms with Crippen LogP contribution in [0.15, 0.2) is 60.4 Å². The lowest BCUT2D eigenvalue weighted by atomic mass is 10.1. The Bertz CT molecular complexity index is 719. The third-order valence-corrected chi connectivity index (χ3v) is 4.49. The van der Waals surface area contributed by atoms with Gasteiger partial charge in [-0.3, -0.25) is 4.79 Å². The van der Waals surface area contributed by atoms with Gasteiger partial charge in [-0.25, -0.2) is 4.79 Å². The molecule has 0 aromatic heterocycles. The zero-order chi connectivity index (χ0) is 20.4. The molecule has 5 nitrogen and oxygen atoms in total. The van der Waals surface area contributed by atoms with Gasteiger partial charge in [0.05, 0.1) is 7.11 Å². The van der Waals surface area contributed by atoms with Crippen molar-refractivity contribution >= 4 is 23.5 Å². The average molecular weight is 393 g/mol. The fourth-order valence-electron chi connectivity index (χ4n) is 1.87. The predicted molar refractivity (Wildman–Crippen MR) is 106 cm³/mol. The number of carbonyl (C=O) groups excluding carboxylic acids is 2. The van der Waals surface area contributed by atoms with E-state index in [0.29, 0.717) is 22.8 Å². The number of hydrogen-bond acceptors (Lipinski definition) is 5. The van der Waals surface area contributed by atoms with Crippen LogP contribution in [-0.2, 0) is 14.3 Å². The molecule has 146 valence electrons. The number of rotatable bonds is 9. The van der Waals surface area contributed by atoms with Crippen LogP contribution in [0.2, 0.25) is 0 Å². The number of benzene rings is 1. The van der Waals surface area contributed by atoms with Crippen LogP contribution >= 0.6 is 11.6 Å². The minimum atomic E-state index is -0.707. The summed E-state index contributed by atoms with van der Waals surface area (Å²) in [6.07, 6.45) is 5.50. The lowest BCUT2D eigenvalue weighted by molar-refractivity contribution is -0.135. The van der Waals surface area contributed by atoms with E-state index in [1.54, 1.807) is 43.3 Å². The second kappa shape index (κ2) is 11.2. The molecular weight excluding hydrogens is 368 g/mol. The molecule has 0 aliphatic carbocycles. The zero-order valence-corrected chi connectivity index (χ0v) is 16.8. The van der Waals surface area contributed by atoms with Gasteiger partial charge in [0.2, 0.25) is 0 Å². The van der Waals surface area contributed by atoms with Crippen molar-refractivity contribution in [1.82, 2.24) is 0 Å². The molecule has 27 heavy (non-hydrogen) atoms. The van der Waals surface area contributed by atoms with Gasteiger partial charge in [-0.2, -0.15) is 0 Å². The van der Waals surface area contributed by atoms with Crippen molar-refractivity contribution in [2.75, 3.05) is 7.11 Å². The maximum absolute atomic E-state index is 12.1. The molecule has 0 fully saturated rings. The molecule has 1 aromatic rings. The number of hydrogen-bond donors (Lipinski definition) is 0. The van der Waals surface area contributed by atoms with Crippen LogP contribution in [0.25, 0.3) is 0 Å². The van der Waals surface area contributed by atoms with Crippen LogP contribution < -0.4 is 9.47 Å². The summed E-state index contributed by atoms with van der Waals surface area (Å²) in [5.41, 5.74) is 0.389. The first-order valence-corrected chi connectivity index (χ1v) is 8.99. The number of halogens is 1. The molecule has 0 aliphatic rings. The second-order valence-corrected chi connectivity index (χ2v) is 6.37. The smallest absolute Gasteiger partial charge is 0.339 e. The van der Waals surface area contributed by atoms with E-state index in [1.165, 1.54) is 13.2 Å². The van der Waals surface area contributed by atoms with Crippen LogP contribution in [0, 0.1) is 5.92 Å². The standard InChI is InChI=1S/C21H25ClO5/c1-6-14(3)19(22)21(24)27-18-12-10-17(11-13-18)26-20(23)15(4)8-9-16(7-2)25-5/h7-14,19H,2,6H2,1,3-5H3/b15-8+,16-9+. The number of carbonyl (C=O) groups is 2. The fourth-order valence-corrected chi connectivity index (χ4v) is 2.09. The molecule has 0 aliphatic heterocycles. The van der Waals surface area contributed by atoms with Gasteiger partial charge < -0.3 is 14.2 Å². The topological polar surface area (TPSA) is 61.8 Å². The van der Waals surface area contributed by atoms with Crippen molar-refractivity contribution in [2.45, 2.75) is 32.6 Å². The second-order valence-electron chi connectivity index (χ2n) is 5.90. The third-order valence-electron chi connectivity index (χ3n) is 3.88. The number of ether oxygens (including phenoxy) is 3. The maximum atomic E-state index is 12.1. The molecule has 1 aromatic carbocycles. The molecule has 0 radical (unpaired) electrons. The van der Waals surface area contributed by atoms with Gasteiger partial charge >= 0.3 is 11.9 Å². The summed E-state index contributed by atoms with van der Waals surface area (Å²) < 4.78 is 15.5. The zero-order valence-electron chi connectivity index (χ0n) is 16.0. The van der Waals surface area contributed by atoms with Gasteiger partial charge in [0.25, 0.3) is 0 Å². The van der Waals surface area contributed by atoms with E-state index in [4.69, 9.17) is 25.8 Å². The first kappa shape index (κ1) is 22.5. The minimum absolute atomic E-state index is 0.0166. The highest BCUT2D eigenvalue weighted by Gasteiger charge is 2.23. The van der Waals surface area contributed by atoms with E-state index in [-0.39, 0.29) is 5.92 Å². The summed E-state index contributed by atoms with van der Waals surface area (Å²) in [5.74, 6) is 0.202. The van der Waals surface area contributed by atoms with Crippen LogP contribution in [0.1, 0.15) is 27.2 Å². The van der Waals surface area contributed by atoms with Crippen molar-refractivity contribution in [1.29, 1.82) is 0 Å². The molecule has 0 bridgehead atoms. The van der Waals surface area contributed by atoms with E-state index in [2.05, 4.69) is 6.58 Å². The van der Waals surface area contributed by atoms with E-state index in [9.17, 15) is 9.59 Å². The molecule has 2 atom stereocenters. The lowest BCUT2D eigenvalue weighted by Crippen LogP contribution is -2.26. The third kappa shape index (κ3) is 7.31. The summed E-state index contributed by atoms with van der Waals surface area (Å²) >= 11 is 6.07. The monoisotopic (exact) mass is 392 g/mol. The molecule has 0 saturated heterocycles. The minimum Gasteiger partial charge on any atom is -0.497 e. The summed E-state index contributed by atoms with van der Waals surface area (Å²) in [6.45, 7) is 9.06. The fraction of sp³-hybridized carbons (Fsp3) is 0.333. The van der Waals surface area contributed by atoms with Gasteiger partial charge in [-0.1, -0.05) is 26.8 Å². The van der Waals surface area contributed by atoms with Crippen LogP contribution in [0.4, 0.5) is 0 Å². The molecule has 0 spiro atoms.